The van der Waals surface area contributed by atoms with E-state index in [1.54, 1.807) is 0 Å². The lowest BCUT2D eigenvalue weighted by atomic mass is 10.1. The Balaban J connectivity index is 2.47. The van der Waals surface area contributed by atoms with E-state index in [0.717, 1.165) is 6.42 Å². The number of rotatable bonds is 0. The summed E-state index contributed by atoms with van der Waals surface area (Å²) in [5, 5.41) is 0. The average Bonchev–Trinajstić information content (AvgIpc) is 2.30. The number of hydrogen-bond donors (Lipinski definition) is 0. The molecule has 0 spiro atoms. The fraction of sp³-hybridized carbons (Fsp3) is 0.333. The number of anilines is 1. The summed E-state index contributed by atoms with van der Waals surface area (Å²) in [6, 6.07) is 8.74. The Labute approximate surface area is 68.5 Å². The van der Waals surface area contributed by atoms with Gasteiger partial charge in [-0.1, -0.05) is 18.2 Å². The van der Waals surface area contributed by atoms with E-state index in [1.165, 1.54) is 11.3 Å². The summed E-state index contributed by atoms with van der Waals surface area (Å²) >= 11 is 0. The first-order valence-corrected chi connectivity index (χ1v) is 3.91. The van der Waals surface area contributed by atoms with Crippen LogP contribution in [0, 0.1) is 0 Å². The maximum Gasteiger partial charge on any atom is 0.227 e. The van der Waals surface area contributed by atoms with Gasteiger partial charge in [-0.25, -0.2) is 0 Å². The highest BCUT2D eigenvalue weighted by molar-refractivity contribution is 6.19. The maximum absolute atomic E-state index is 5.82. The molecule has 0 aliphatic carbocycles. The third-order valence-corrected chi connectivity index (χ3v) is 2.26. The molecular formula is C9H10BN. The van der Waals surface area contributed by atoms with Crippen molar-refractivity contribution in [3.8, 4) is 0 Å². The third kappa shape index (κ3) is 0.935. The molecule has 2 heteroatoms. The predicted molar refractivity (Wildman–Crippen MR) is 47.8 cm³/mol. The van der Waals surface area contributed by atoms with E-state index >= 15 is 0 Å². The number of para-hydroxylation sites is 1. The zero-order valence-electron chi connectivity index (χ0n) is 6.62. The smallest absolute Gasteiger partial charge is 0.227 e. The van der Waals surface area contributed by atoms with Crippen molar-refractivity contribution in [2.45, 2.75) is 19.4 Å². The van der Waals surface area contributed by atoms with Gasteiger partial charge in [0, 0.05) is 11.7 Å². The second-order valence-corrected chi connectivity index (χ2v) is 3.09. The highest BCUT2D eigenvalue weighted by atomic mass is 15.1. The van der Waals surface area contributed by atoms with Crippen LogP contribution in [-0.2, 0) is 6.42 Å². The molecule has 2 radical (unpaired) electrons. The Kier molecular flexibility index (Phi) is 1.41. The molecule has 0 N–H and O–H groups in total. The first-order valence-electron chi connectivity index (χ1n) is 3.91. The Morgan fingerprint density at radius 3 is 2.91 bits per heavy atom. The van der Waals surface area contributed by atoms with E-state index in [9.17, 15) is 0 Å². The highest BCUT2D eigenvalue weighted by Gasteiger charge is 2.20. The molecule has 0 fully saturated rings. The topological polar surface area (TPSA) is 3.24 Å². The summed E-state index contributed by atoms with van der Waals surface area (Å²) in [6.45, 7) is 2.14. The molecule has 11 heavy (non-hydrogen) atoms. The van der Waals surface area contributed by atoms with Gasteiger partial charge >= 0.3 is 0 Å². The fourth-order valence-electron chi connectivity index (χ4n) is 1.59. The van der Waals surface area contributed by atoms with Crippen molar-refractivity contribution in [1.82, 2.24) is 0 Å². The van der Waals surface area contributed by atoms with Crippen molar-refractivity contribution in [3.05, 3.63) is 29.8 Å². The second-order valence-electron chi connectivity index (χ2n) is 3.09. The number of fused-ring (bicyclic) bond motifs is 1. The van der Waals surface area contributed by atoms with Crippen LogP contribution in [-0.4, -0.2) is 14.0 Å². The molecule has 1 aromatic carbocycles. The van der Waals surface area contributed by atoms with E-state index in [0.29, 0.717) is 6.04 Å². The largest absolute Gasteiger partial charge is 0.422 e. The predicted octanol–water partition coefficient (Wildman–Crippen LogP) is 1.52. The van der Waals surface area contributed by atoms with Crippen LogP contribution in [0.15, 0.2) is 24.3 Å². The van der Waals surface area contributed by atoms with Crippen LogP contribution < -0.4 is 4.81 Å². The molecule has 1 nitrogen and oxygen atoms in total. The Morgan fingerprint density at radius 1 is 1.45 bits per heavy atom. The molecule has 1 heterocycles. The number of nitrogens with zero attached hydrogens (tertiary/aromatic N) is 1. The van der Waals surface area contributed by atoms with Crippen molar-refractivity contribution >= 4 is 13.7 Å². The first kappa shape index (κ1) is 6.77. The minimum Gasteiger partial charge on any atom is -0.422 e. The van der Waals surface area contributed by atoms with E-state index in [4.69, 9.17) is 7.98 Å². The van der Waals surface area contributed by atoms with E-state index in [2.05, 4.69) is 25.1 Å². The Hall–Kier alpha value is -0.915. The van der Waals surface area contributed by atoms with Gasteiger partial charge in [0.05, 0.1) is 0 Å². The summed E-state index contributed by atoms with van der Waals surface area (Å²) in [7, 11) is 5.82. The van der Waals surface area contributed by atoms with E-state index in [-0.39, 0.29) is 0 Å². The average molecular weight is 143 g/mol. The molecule has 0 aromatic heterocycles. The Bertz CT molecular complexity index is 272. The van der Waals surface area contributed by atoms with Crippen LogP contribution in [0.1, 0.15) is 12.5 Å². The van der Waals surface area contributed by atoms with Crippen LogP contribution in [0.5, 0.6) is 0 Å². The lowest BCUT2D eigenvalue weighted by Gasteiger charge is -2.18. The van der Waals surface area contributed by atoms with Crippen LogP contribution in [0.25, 0.3) is 0 Å². The summed E-state index contributed by atoms with van der Waals surface area (Å²) < 4.78 is 0. The SMILES string of the molecule is [B]N1c2ccccc2CC1C. The van der Waals surface area contributed by atoms with Crippen LogP contribution in [0.3, 0.4) is 0 Å². The molecule has 0 amide bonds. The van der Waals surface area contributed by atoms with E-state index < -0.39 is 0 Å². The normalized spacial score (nSPS) is 21.9. The van der Waals surface area contributed by atoms with Crippen LogP contribution >= 0.6 is 0 Å². The lowest BCUT2D eigenvalue weighted by Crippen LogP contribution is -2.25. The number of hydrogen-bond acceptors (Lipinski definition) is 1. The zero-order valence-corrected chi connectivity index (χ0v) is 6.62. The van der Waals surface area contributed by atoms with Crippen molar-refractivity contribution in [2.75, 3.05) is 4.81 Å². The second kappa shape index (κ2) is 2.30. The molecule has 54 valence electrons. The molecule has 0 saturated heterocycles. The third-order valence-electron chi connectivity index (χ3n) is 2.26. The van der Waals surface area contributed by atoms with Gasteiger partial charge in [0.2, 0.25) is 7.98 Å². The maximum atomic E-state index is 5.82. The lowest BCUT2D eigenvalue weighted by molar-refractivity contribution is 0.788. The molecule has 1 aliphatic heterocycles. The van der Waals surface area contributed by atoms with Gasteiger partial charge in [0.1, 0.15) is 0 Å². The van der Waals surface area contributed by atoms with Crippen molar-refractivity contribution < 1.29 is 0 Å². The van der Waals surface area contributed by atoms with Gasteiger partial charge in [-0.3, -0.25) is 0 Å². The zero-order chi connectivity index (χ0) is 7.84. The molecule has 1 atom stereocenters. The van der Waals surface area contributed by atoms with Gasteiger partial charge in [-0.2, -0.15) is 0 Å². The van der Waals surface area contributed by atoms with E-state index in [1.807, 2.05) is 10.9 Å². The van der Waals surface area contributed by atoms with Gasteiger partial charge in [0.25, 0.3) is 0 Å². The quantitative estimate of drug-likeness (QED) is 0.497. The molecule has 1 aromatic rings. The van der Waals surface area contributed by atoms with Crippen molar-refractivity contribution in [1.29, 1.82) is 0 Å². The van der Waals surface area contributed by atoms with Crippen molar-refractivity contribution in [2.24, 2.45) is 0 Å². The van der Waals surface area contributed by atoms with Gasteiger partial charge < -0.3 is 4.81 Å². The summed E-state index contributed by atoms with van der Waals surface area (Å²) in [6.07, 6.45) is 1.08. The fourth-order valence-corrected chi connectivity index (χ4v) is 1.59. The summed E-state index contributed by atoms with van der Waals surface area (Å²) in [5.74, 6) is 0. The molecule has 1 unspecified atom stereocenters. The summed E-state index contributed by atoms with van der Waals surface area (Å²) in [4.78, 5) is 1.84. The van der Waals surface area contributed by atoms with Crippen LogP contribution in [0.2, 0.25) is 0 Å². The van der Waals surface area contributed by atoms with Gasteiger partial charge in [0.15, 0.2) is 0 Å². The first-order chi connectivity index (χ1) is 5.29. The van der Waals surface area contributed by atoms with Gasteiger partial charge in [-0.15, -0.1) is 0 Å². The molecule has 2 rings (SSSR count). The minimum atomic E-state index is 0.451. The molecular weight excluding hydrogens is 133 g/mol. The Morgan fingerprint density at radius 2 is 2.18 bits per heavy atom. The van der Waals surface area contributed by atoms with Crippen LogP contribution in [0.4, 0.5) is 5.69 Å². The molecule has 0 bridgehead atoms. The highest BCUT2D eigenvalue weighted by Crippen LogP contribution is 2.29. The molecule has 1 aliphatic rings. The minimum absolute atomic E-state index is 0.451. The van der Waals surface area contributed by atoms with Crippen molar-refractivity contribution in [3.63, 3.8) is 0 Å². The number of benzene rings is 1. The van der Waals surface area contributed by atoms with Gasteiger partial charge in [-0.05, 0) is 25.0 Å². The summed E-state index contributed by atoms with van der Waals surface area (Å²) in [5.41, 5.74) is 2.54. The monoisotopic (exact) mass is 143 g/mol. The standard InChI is InChI=1S/C9H10BN/c1-7-6-8-4-2-3-5-9(8)11(7)10/h2-5,7H,6H2,1H3. The molecule has 0 saturated carbocycles.